The molecule has 0 aliphatic heterocycles. The maximum atomic E-state index is 12.1. The summed E-state index contributed by atoms with van der Waals surface area (Å²) in [5.74, 6) is -0.0346. The van der Waals surface area contributed by atoms with E-state index in [0.29, 0.717) is 5.69 Å². The van der Waals surface area contributed by atoms with E-state index < -0.39 is 0 Å². The zero-order valence-electron chi connectivity index (χ0n) is 10.3. The predicted octanol–water partition coefficient (Wildman–Crippen LogP) is 3.38. The largest absolute Gasteiger partial charge is 0.287 e. The second-order valence-corrected chi connectivity index (χ2v) is 4.75. The van der Waals surface area contributed by atoms with E-state index in [4.69, 9.17) is 0 Å². The van der Waals surface area contributed by atoms with Crippen LogP contribution in [-0.4, -0.2) is 15.8 Å². The van der Waals surface area contributed by atoms with Crippen LogP contribution in [0.3, 0.4) is 0 Å². The molecule has 0 fully saturated rings. The molecule has 0 spiro atoms. The molecule has 19 heavy (non-hydrogen) atoms. The van der Waals surface area contributed by atoms with E-state index in [-0.39, 0.29) is 5.78 Å². The first kappa shape index (κ1) is 10.4. The second-order valence-electron chi connectivity index (χ2n) is 4.75. The summed E-state index contributed by atoms with van der Waals surface area (Å²) in [5.41, 5.74) is 3.23. The maximum absolute atomic E-state index is 12.1. The van der Waals surface area contributed by atoms with Gasteiger partial charge in [0.1, 0.15) is 5.69 Å². The Balaban J connectivity index is 2.34. The van der Waals surface area contributed by atoms with E-state index in [0.717, 1.165) is 32.9 Å². The fraction of sp³-hybridized carbons (Fsp3) is 0.0625. The summed E-state index contributed by atoms with van der Waals surface area (Å²) in [6, 6.07) is 9.94. The van der Waals surface area contributed by atoms with Gasteiger partial charge in [-0.1, -0.05) is 18.2 Å². The first-order valence-electron chi connectivity index (χ1n) is 6.16. The molecule has 0 unspecified atom stereocenters. The highest BCUT2D eigenvalue weighted by Gasteiger charge is 2.21. The van der Waals surface area contributed by atoms with Gasteiger partial charge >= 0.3 is 0 Å². The van der Waals surface area contributed by atoms with Crippen molar-refractivity contribution in [1.82, 2.24) is 9.97 Å². The van der Waals surface area contributed by atoms with Gasteiger partial charge in [0.2, 0.25) is 5.78 Å². The quantitative estimate of drug-likeness (QED) is 0.571. The van der Waals surface area contributed by atoms with Crippen LogP contribution in [0, 0.1) is 0 Å². The Labute approximate surface area is 109 Å². The average molecular weight is 246 g/mol. The zero-order chi connectivity index (χ0) is 13.0. The number of hydrogen-bond donors (Lipinski definition) is 0. The first-order chi connectivity index (χ1) is 9.25. The molecule has 4 rings (SSSR count). The first-order valence-corrected chi connectivity index (χ1v) is 6.16. The number of hydrogen-bond acceptors (Lipinski definition) is 3. The molecule has 2 heterocycles. The molecular weight excluding hydrogens is 236 g/mol. The molecule has 0 N–H and O–H groups in total. The van der Waals surface area contributed by atoms with E-state index in [1.54, 1.807) is 12.3 Å². The van der Waals surface area contributed by atoms with E-state index in [1.807, 2.05) is 37.3 Å². The van der Waals surface area contributed by atoms with Crippen molar-refractivity contribution in [3.63, 3.8) is 0 Å². The Morgan fingerprint density at radius 3 is 2.74 bits per heavy atom. The van der Waals surface area contributed by atoms with Gasteiger partial charge in [0, 0.05) is 17.0 Å². The number of nitrogens with zero attached hydrogens (tertiary/aromatic N) is 2. The van der Waals surface area contributed by atoms with Gasteiger partial charge in [0.15, 0.2) is 0 Å². The van der Waals surface area contributed by atoms with Crippen LogP contribution in [0.2, 0.25) is 0 Å². The van der Waals surface area contributed by atoms with E-state index in [1.165, 1.54) is 0 Å². The summed E-state index contributed by atoms with van der Waals surface area (Å²) >= 11 is 0. The molecule has 1 aromatic carbocycles. The van der Waals surface area contributed by atoms with Crippen molar-refractivity contribution in [3.8, 4) is 0 Å². The number of aromatic nitrogens is 2. The van der Waals surface area contributed by atoms with E-state index in [2.05, 4.69) is 9.97 Å². The molecule has 0 amide bonds. The van der Waals surface area contributed by atoms with Gasteiger partial charge in [0.25, 0.3) is 0 Å². The molecule has 1 aliphatic rings. The number of ketones is 1. The monoisotopic (exact) mass is 246 g/mol. The summed E-state index contributed by atoms with van der Waals surface area (Å²) < 4.78 is 0. The Morgan fingerprint density at radius 2 is 1.84 bits per heavy atom. The van der Waals surface area contributed by atoms with E-state index >= 15 is 0 Å². The molecule has 90 valence electrons. The van der Waals surface area contributed by atoms with Gasteiger partial charge in [0.05, 0.1) is 11.2 Å². The van der Waals surface area contributed by atoms with Gasteiger partial charge in [-0.3, -0.25) is 9.78 Å². The fourth-order valence-corrected chi connectivity index (χ4v) is 2.71. The van der Waals surface area contributed by atoms with Crippen LogP contribution in [0.25, 0.3) is 27.2 Å². The van der Waals surface area contributed by atoms with Crippen molar-refractivity contribution in [2.75, 3.05) is 0 Å². The second kappa shape index (κ2) is 3.48. The fourth-order valence-electron chi connectivity index (χ4n) is 2.71. The van der Waals surface area contributed by atoms with Crippen LogP contribution < -0.4 is 0 Å². The maximum Gasteiger partial charge on any atom is 0.205 e. The van der Waals surface area contributed by atoms with Gasteiger partial charge in [-0.15, -0.1) is 0 Å². The molecule has 0 radical (unpaired) electrons. The Hall–Kier alpha value is -2.55. The number of allylic oxidation sites excluding steroid dienone is 2. The third-order valence-electron chi connectivity index (χ3n) is 3.57. The molecular formula is C16H10N2O. The Morgan fingerprint density at radius 1 is 1.00 bits per heavy atom. The number of carbonyl (C=O) groups excluding carboxylic acids is 1. The number of rotatable bonds is 0. The number of carbonyl (C=O) groups is 1. The third-order valence-corrected chi connectivity index (χ3v) is 3.57. The van der Waals surface area contributed by atoms with Crippen LogP contribution in [-0.2, 0) is 0 Å². The highest BCUT2D eigenvalue weighted by atomic mass is 16.1. The highest BCUT2D eigenvalue weighted by molar-refractivity contribution is 6.23. The van der Waals surface area contributed by atoms with Crippen LogP contribution in [0.4, 0.5) is 0 Å². The summed E-state index contributed by atoms with van der Waals surface area (Å²) in [6.45, 7) is 1.92. The molecule has 3 nitrogen and oxygen atoms in total. The van der Waals surface area contributed by atoms with Gasteiger partial charge in [-0.2, -0.15) is 0 Å². The summed E-state index contributed by atoms with van der Waals surface area (Å²) in [5, 5.41) is 2.99. The molecule has 3 aromatic rings. The van der Waals surface area contributed by atoms with Crippen molar-refractivity contribution in [2.45, 2.75) is 6.92 Å². The van der Waals surface area contributed by atoms with Gasteiger partial charge in [-0.25, -0.2) is 4.98 Å². The summed E-state index contributed by atoms with van der Waals surface area (Å²) in [7, 11) is 0. The normalized spacial score (nSPS) is 13.9. The van der Waals surface area contributed by atoms with Gasteiger partial charge in [-0.05, 0) is 36.1 Å². The van der Waals surface area contributed by atoms with E-state index in [9.17, 15) is 4.79 Å². The number of benzene rings is 1. The van der Waals surface area contributed by atoms with Crippen LogP contribution in [0.15, 0.2) is 42.6 Å². The lowest BCUT2D eigenvalue weighted by Gasteiger charge is -2.15. The smallest absolute Gasteiger partial charge is 0.205 e. The minimum Gasteiger partial charge on any atom is -0.287 e. The Bertz CT molecular complexity index is 894. The zero-order valence-corrected chi connectivity index (χ0v) is 10.3. The number of fused-ring (bicyclic) bond motifs is 2. The minimum absolute atomic E-state index is 0.0346. The number of pyridine rings is 2. The standard InChI is InChI=1S/C16H10N2O/c1-9-8-13(19)16-14-11(6-7-17-16)10-4-2-3-5-12(10)18-15(9)14/h2-8H,1H3. The van der Waals surface area contributed by atoms with Crippen molar-refractivity contribution in [2.24, 2.45) is 0 Å². The summed E-state index contributed by atoms with van der Waals surface area (Å²) in [4.78, 5) is 21.0. The van der Waals surface area contributed by atoms with Crippen molar-refractivity contribution >= 4 is 33.0 Å². The lowest BCUT2D eigenvalue weighted by molar-refractivity contribution is 0.104. The average Bonchev–Trinajstić information content (AvgIpc) is 2.44. The lowest BCUT2D eigenvalue weighted by atomic mass is 9.93. The minimum atomic E-state index is -0.0346. The molecule has 0 atom stereocenters. The predicted molar refractivity (Wildman–Crippen MR) is 75.0 cm³/mol. The molecule has 0 bridgehead atoms. The molecule has 1 aliphatic carbocycles. The number of para-hydroxylation sites is 1. The molecule has 2 aromatic heterocycles. The molecule has 3 heteroatoms. The lowest BCUT2D eigenvalue weighted by Crippen LogP contribution is -2.08. The van der Waals surface area contributed by atoms with Crippen molar-refractivity contribution in [3.05, 3.63) is 54.0 Å². The molecule has 0 saturated carbocycles. The Kier molecular flexibility index (Phi) is 1.90. The topological polar surface area (TPSA) is 42.9 Å². The highest BCUT2D eigenvalue weighted by Crippen LogP contribution is 2.34. The van der Waals surface area contributed by atoms with Crippen molar-refractivity contribution < 1.29 is 4.79 Å². The van der Waals surface area contributed by atoms with Crippen LogP contribution >= 0.6 is 0 Å². The van der Waals surface area contributed by atoms with Gasteiger partial charge < -0.3 is 0 Å². The summed E-state index contributed by atoms with van der Waals surface area (Å²) in [6.07, 6.45) is 3.31. The van der Waals surface area contributed by atoms with Crippen molar-refractivity contribution in [1.29, 1.82) is 0 Å². The molecule has 0 saturated heterocycles. The van der Waals surface area contributed by atoms with Crippen LogP contribution in [0.1, 0.15) is 23.1 Å². The SMILES string of the molecule is CC1=CC(=O)c2nccc3c2c1nc1ccccc13. The third kappa shape index (κ3) is 1.30. The van der Waals surface area contributed by atoms with Crippen LogP contribution in [0.5, 0.6) is 0 Å².